The molecule has 3 aliphatic heterocycles. The van der Waals surface area contributed by atoms with Crippen molar-refractivity contribution in [2.75, 3.05) is 44.7 Å². The van der Waals surface area contributed by atoms with Gasteiger partial charge in [0.15, 0.2) is 5.82 Å². The number of para-hydroxylation sites is 1. The molecule has 0 aliphatic carbocycles. The van der Waals surface area contributed by atoms with Crippen molar-refractivity contribution >= 4 is 41.0 Å². The van der Waals surface area contributed by atoms with Crippen LogP contribution in [-0.4, -0.2) is 65.3 Å². The number of nitrogens with zero attached hydrogens (tertiary/aromatic N) is 7. The van der Waals surface area contributed by atoms with E-state index in [0.717, 1.165) is 49.5 Å². The van der Waals surface area contributed by atoms with Crippen molar-refractivity contribution in [1.82, 2.24) is 19.4 Å². The molecule has 0 bridgehead atoms. The topological polar surface area (TPSA) is 63.7 Å². The number of aromatic nitrogens is 2. The standard InChI is InChI=1S/C26H34N7PS/c1-6-31-14-16-32(17-15-31)34(35)22(18-28-25-23(34)19(2)29-33(25)13-9-12-27)24-26(3,4)20-10-7-8-11-21(20)30(24)5/h7-8,10-11,18H,6,9,13-17H2,1-5H3/b24-22-/t34-/m1/s1. The molecule has 4 heterocycles. The van der Waals surface area contributed by atoms with Gasteiger partial charge < -0.3 is 9.80 Å². The third kappa shape index (κ3) is 3.64. The lowest BCUT2D eigenvalue weighted by atomic mass is 9.84. The van der Waals surface area contributed by atoms with Gasteiger partial charge in [0.25, 0.3) is 0 Å². The van der Waals surface area contributed by atoms with Crippen molar-refractivity contribution in [1.29, 1.82) is 5.26 Å². The number of fused-ring (bicyclic) bond motifs is 2. The molecule has 5 rings (SSSR count). The Labute approximate surface area is 213 Å². The van der Waals surface area contributed by atoms with Crippen LogP contribution in [0.5, 0.6) is 0 Å². The lowest BCUT2D eigenvalue weighted by Crippen LogP contribution is -2.46. The van der Waals surface area contributed by atoms with Gasteiger partial charge in [-0.1, -0.05) is 50.8 Å². The highest BCUT2D eigenvalue weighted by Crippen LogP contribution is 2.64. The van der Waals surface area contributed by atoms with E-state index in [1.165, 1.54) is 22.3 Å². The summed E-state index contributed by atoms with van der Waals surface area (Å²) in [5.74, 6) is 0.847. The van der Waals surface area contributed by atoms with Crippen LogP contribution in [0.2, 0.25) is 0 Å². The molecule has 9 heteroatoms. The summed E-state index contributed by atoms with van der Waals surface area (Å²) in [6, 6.07) is 10.9. The smallest absolute Gasteiger partial charge is 0.160 e. The first-order valence-electron chi connectivity index (χ1n) is 12.4. The number of allylic oxidation sites excluding steroid dienone is 2. The van der Waals surface area contributed by atoms with Crippen LogP contribution in [0.3, 0.4) is 0 Å². The molecule has 2 aromatic rings. The van der Waals surface area contributed by atoms with E-state index in [0.29, 0.717) is 13.0 Å². The number of rotatable bonds is 4. The summed E-state index contributed by atoms with van der Waals surface area (Å²) >= 11 is 6.87. The fraction of sp³-hybridized carbons (Fsp3) is 0.500. The number of aliphatic imine (C=N–C) groups is 1. The van der Waals surface area contributed by atoms with Crippen LogP contribution in [0.4, 0.5) is 11.5 Å². The third-order valence-electron chi connectivity index (χ3n) is 7.75. The molecule has 184 valence electrons. The minimum Gasteiger partial charge on any atom is -0.346 e. The second kappa shape index (κ2) is 8.97. The van der Waals surface area contributed by atoms with Gasteiger partial charge in [0.05, 0.1) is 36.2 Å². The molecule has 0 spiro atoms. The molecule has 0 unspecified atom stereocenters. The molecule has 1 aromatic carbocycles. The van der Waals surface area contributed by atoms with Crippen molar-refractivity contribution in [3.05, 3.63) is 46.5 Å². The van der Waals surface area contributed by atoms with Gasteiger partial charge in [-0.15, -0.1) is 0 Å². The van der Waals surface area contributed by atoms with Crippen LogP contribution in [0.15, 0.2) is 40.3 Å². The number of likely N-dealkylation sites (N-methyl/N-ethyl adjacent to an activating group) is 2. The largest absolute Gasteiger partial charge is 0.346 e. The average Bonchev–Trinajstić information content (AvgIpc) is 3.29. The molecule has 1 atom stereocenters. The summed E-state index contributed by atoms with van der Waals surface area (Å²) in [6.45, 7) is 14.4. The van der Waals surface area contributed by atoms with E-state index < -0.39 is 6.19 Å². The van der Waals surface area contributed by atoms with Gasteiger partial charge in [0.1, 0.15) is 0 Å². The molecule has 0 saturated carbocycles. The Morgan fingerprint density at radius 2 is 1.89 bits per heavy atom. The Balaban J connectivity index is 1.74. The minimum absolute atomic E-state index is 0.190. The molecule has 1 fully saturated rings. The number of anilines is 1. The molecule has 0 radical (unpaired) electrons. The Kier molecular flexibility index (Phi) is 6.26. The number of piperazine rings is 1. The highest BCUT2D eigenvalue weighted by Gasteiger charge is 2.47. The van der Waals surface area contributed by atoms with Crippen LogP contribution in [0.25, 0.3) is 0 Å². The molecule has 35 heavy (non-hydrogen) atoms. The van der Waals surface area contributed by atoms with Gasteiger partial charge in [-0.3, -0.25) is 4.67 Å². The summed E-state index contributed by atoms with van der Waals surface area (Å²) in [5.41, 5.74) is 4.56. The third-order valence-corrected chi connectivity index (χ3v) is 12.9. The zero-order valence-electron chi connectivity index (χ0n) is 21.3. The first-order valence-corrected chi connectivity index (χ1v) is 15.2. The Morgan fingerprint density at radius 3 is 2.54 bits per heavy atom. The maximum atomic E-state index is 9.18. The number of benzene rings is 1. The molecule has 0 N–H and O–H groups in total. The van der Waals surface area contributed by atoms with Gasteiger partial charge in [-0.25, -0.2) is 9.67 Å². The molecule has 1 aromatic heterocycles. The van der Waals surface area contributed by atoms with Crippen molar-refractivity contribution in [3.8, 4) is 6.07 Å². The van der Waals surface area contributed by atoms with Crippen LogP contribution in [0, 0.1) is 18.3 Å². The molecular weight excluding hydrogens is 473 g/mol. The maximum Gasteiger partial charge on any atom is 0.160 e. The summed E-state index contributed by atoms with van der Waals surface area (Å²) in [6.07, 6.45) is 0.0360. The lowest BCUT2D eigenvalue weighted by Gasteiger charge is -2.44. The Bertz CT molecular complexity index is 1310. The average molecular weight is 508 g/mol. The van der Waals surface area contributed by atoms with E-state index in [4.69, 9.17) is 21.9 Å². The van der Waals surface area contributed by atoms with E-state index in [1.54, 1.807) is 0 Å². The first kappa shape index (κ1) is 24.4. The quantitative estimate of drug-likeness (QED) is 0.581. The van der Waals surface area contributed by atoms with Gasteiger partial charge >= 0.3 is 0 Å². The predicted molar refractivity (Wildman–Crippen MR) is 148 cm³/mol. The van der Waals surface area contributed by atoms with E-state index in [-0.39, 0.29) is 5.41 Å². The summed E-state index contributed by atoms with van der Waals surface area (Å²) in [5, 5.41) is 16.3. The zero-order valence-corrected chi connectivity index (χ0v) is 23.0. The maximum absolute atomic E-state index is 9.18. The van der Waals surface area contributed by atoms with Crippen LogP contribution in [0.1, 0.15) is 38.4 Å². The highest BCUT2D eigenvalue weighted by molar-refractivity contribution is 8.19. The fourth-order valence-corrected chi connectivity index (χ4v) is 10.9. The predicted octanol–water partition coefficient (Wildman–Crippen LogP) is 4.12. The molecule has 7 nitrogen and oxygen atoms in total. The summed E-state index contributed by atoms with van der Waals surface area (Å²) in [4.78, 5) is 9.81. The Hall–Kier alpha value is -2.30. The van der Waals surface area contributed by atoms with Crippen molar-refractivity contribution < 1.29 is 0 Å². The second-order valence-corrected chi connectivity index (χ2v) is 14.3. The zero-order chi connectivity index (χ0) is 25.0. The van der Waals surface area contributed by atoms with Crippen LogP contribution in [-0.2, 0) is 23.8 Å². The highest BCUT2D eigenvalue weighted by atomic mass is 32.4. The summed E-state index contributed by atoms with van der Waals surface area (Å²) in [7, 11) is 2.16. The van der Waals surface area contributed by atoms with E-state index in [2.05, 4.69) is 79.5 Å². The van der Waals surface area contributed by atoms with Crippen LogP contribution >= 0.6 is 6.19 Å². The van der Waals surface area contributed by atoms with Crippen LogP contribution < -0.4 is 10.2 Å². The SMILES string of the molecule is CCN1CCN([P@@]2(=S)/C(=C3\N(C)c4ccccc4C3(C)C)C=Nc3c2c(C)nn3CCC#N)CC1. The minimum atomic E-state index is -2.41. The number of aryl methyl sites for hydroxylation is 2. The number of hydrogen-bond donors (Lipinski definition) is 0. The first-order chi connectivity index (χ1) is 16.7. The lowest BCUT2D eigenvalue weighted by molar-refractivity contribution is 0.202. The molecule has 0 amide bonds. The van der Waals surface area contributed by atoms with Gasteiger partial charge in [-0.2, -0.15) is 10.4 Å². The monoisotopic (exact) mass is 507 g/mol. The normalized spacial score (nSPS) is 26.0. The van der Waals surface area contributed by atoms with E-state index in [9.17, 15) is 5.26 Å². The fourth-order valence-electron chi connectivity index (χ4n) is 5.96. The molecular formula is C26H34N7PS. The van der Waals surface area contributed by atoms with Gasteiger partial charge in [-0.05, 0) is 25.1 Å². The van der Waals surface area contributed by atoms with Crippen molar-refractivity contribution in [2.24, 2.45) is 4.99 Å². The number of nitriles is 1. The van der Waals surface area contributed by atoms with Gasteiger partial charge in [0.2, 0.25) is 0 Å². The van der Waals surface area contributed by atoms with E-state index in [1.807, 2.05) is 10.9 Å². The second-order valence-electron chi connectivity index (χ2n) is 10.0. The number of hydrogen-bond acceptors (Lipinski definition) is 6. The van der Waals surface area contributed by atoms with Crippen molar-refractivity contribution in [3.63, 3.8) is 0 Å². The molecule has 3 aliphatic rings. The summed E-state index contributed by atoms with van der Waals surface area (Å²) < 4.78 is 4.46. The van der Waals surface area contributed by atoms with Gasteiger partial charge in [0, 0.05) is 61.6 Å². The molecule has 1 saturated heterocycles. The Morgan fingerprint density at radius 1 is 1.17 bits per heavy atom. The van der Waals surface area contributed by atoms with Crippen molar-refractivity contribution in [2.45, 2.75) is 46.1 Å². The van der Waals surface area contributed by atoms with E-state index >= 15 is 0 Å².